The van der Waals surface area contributed by atoms with Crippen LogP contribution in [0.1, 0.15) is 33.7 Å². The van der Waals surface area contributed by atoms with Crippen molar-refractivity contribution in [3.8, 4) is 0 Å². The van der Waals surface area contributed by atoms with Crippen molar-refractivity contribution in [2.75, 3.05) is 13.1 Å². The Kier molecular flexibility index (Phi) is 5.10. The number of rotatable bonds is 6. The number of benzene rings is 2. The Morgan fingerprint density at radius 3 is 2.82 bits per heavy atom. The van der Waals surface area contributed by atoms with E-state index in [1.165, 1.54) is 11.1 Å². The lowest BCUT2D eigenvalue weighted by atomic mass is 10.1. The van der Waals surface area contributed by atoms with Crippen LogP contribution in [0, 0.1) is 6.92 Å². The molecule has 6 nitrogen and oxygen atoms in total. The summed E-state index contributed by atoms with van der Waals surface area (Å²) in [6.45, 7) is 3.92. The molecule has 2 amide bonds. The molecular formula is C22H24N4O2. The third-order valence-corrected chi connectivity index (χ3v) is 5.14. The molecular weight excluding hydrogens is 352 g/mol. The highest BCUT2D eigenvalue weighted by Crippen LogP contribution is 2.23. The molecule has 0 bridgehead atoms. The second-order valence-corrected chi connectivity index (χ2v) is 7.19. The Morgan fingerprint density at radius 1 is 1.18 bits per heavy atom. The molecule has 0 radical (unpaired) electrons. The number of hydrogen-bond acceptors (Lipinski definition) is 3. The van der Waals surface area contributed by atoms with E-state index in [0.29, 0.717) is 38.0 Å². The molecule has 0 spiro atoms. The van der Waals surface area contributed by atoms with Gasteiger partial charge in [0.05, 0.1) is 16.6 Å². The lowest BCUT2D eigenvalue weighted by molar-refractivity contribution is -0.121. The molecule has 1 aliphatic heterocycles. The van der Waals surface area contributed by atoms with Crippen LogP contribution in [0.3, 0.4) is 0 Å². The fraction of sp³-hybridized carbons (Fsp3) is 0.318. The van der Waals surface area contributed by atoms with Crippen LogP contribution in [-0.4, -0.2) is 34.5 Å². The van der Waals surface area contributed by atoms with Crippen LogP contribution in [0.2, 0.25) is 0 Å². The van der Waals surface area contributed by atoms with E-state index in [1.807, 2.05) is 18.2 Å². The van der Waals surface area contributed by atoms with E-state index in [9.17, 15) is 9.59 Å². The van der Waals surface area contributed by atoms with Gasteiger partial charge in [-0.2, -0.15) is 0 Å². The van der Waals surface area contributed by atoms with Crippen molar-refractivity contribution in [2.24, 2.45) is 0 Å². The minimum atomic E-state index is -0.0651. The van der Waals surface area contributed by atoms with E-state index in [1.54, 1.807) is 0 Å². The number of aryl methyl sites for hydroxylation is 2. The lowest BCUT2D eigenvalue weighted by Gasteiger charge is -2.08. The first kappa shape index (κ1) is 18.2. The van der Waals surface area contributed by atoms with Crippen molar-refractivity contribution in [1.29, 1.82) is 0 Å². The van der Waals surface area contributed by atoms with E-state index in [-0.39, 0.29) is 11.8 Å². The summed E-state index contributed by atoms with van der Waals surface area (Å²) in [4.78, 5) is 29.1. The molecule has 2 heterocycles. The van der Waals surface area contributed by atoms with Crippen molar-refractivity contribution in [1.82, 2.24) is 20.2 Å². The third kappa shape index (κ3) is 3.76. The van der Waals surface area contributed by atoms with Gasteiger partial charge in [0, 0.05) is 32.5 Å². The van der Waals surface area contributed by atoms with Crippen LogP contribution in [0.5, 0.6) is 0 Å². The smallest absolute Gasteiger partial charge is 0.253 e. The highest BCUT2D eigenvalue weighted by atomic mass is 16.2. The average Bonchev–Trinajstić information content (AvgIpc) is 2.96. The molecule has 6 heteroatoms. The van der Waals surface area contributed by atoms with Crippen molar-refractivity contribution >= 4 is 22.8 Å². The number of hydrogen-bond donors (Lipinski definition) is 2. The molecule has 144 valence electrons. The van der Waals surface area contributed by atoms with E-state index < -0.39 is 0 Å². The highest BCUT2D eigenvalue weighted by molar-refractivity contribution is 6.05. The van der Waals surface area contributed by atoms with E-state index in [0.717, 1.165) is 23.3 Å². The Labute approximate surface area is 164 Å². The van der Waals surface area contributed by atoms with Gasteiger partial charge in [-0.05, 0) is 31.0 Å². The summed E-state index contributed by atoms with van der Waals surface area (Å²) in [6, 6.07) is 13.9. The molecule has 2 aromatic carbocycles. The summed E-state index contributed by atoms with van der Waals surface area (Å²) in [7, 11) is 0. The van der Waals surface area contributed by atoms with Crippen LogP contribution >= 0.6 is 0 Å². The Bertz CT molecular complexity index is 1020. The molecule has 0 saturated carbocycles. The topological polar surface area (TPSA) is 76.0 Å². The Morgan fingerprint density at radius 2 is 2.00 bits per heavy atom. The van der Waals surface area contributed by atoms with Crippen LogP contribution in [0.4, 0.5) is 0 Å². The SMILES string of the molecule is Cc1ccc(CCNC(=O)CCc2nc3cccc4c3n2CCNC4=O)cc1. The maximum atomic E-state index is 12.3. The van der Waals surface area contributed by atoms with Gasteiger partial charge in [-0.15, -0.1) is 0 Å². The maximum Gasteiger partial charge on any atom is 0.253 e. The monoisotopic (exact) mass is 376 g/mol. The largest absolute Gasteiger partial charge is 0.356 e. The van der Waals surface area contributed by atoms with E-state index >= 15 is 0 Å². The zero-order valence-electron chi connectivity index (χ0n) is 16.0. The first-order valence-electron chi connectivity index (χ1n) is 9.70. The molecule has 0 saturated heterocycles. The quantitative estimate of drug-likeness (QED) is 0.694. The molecule has 0 atom stereocenters. The summed E-state index contributed by atoms with van der Waals surface area (Å²) in [5.74, 6) is 0.812. The average molecular weight is 376 g/mol. The molecule has 0 aliphatic carbocycles. The summed E-state index contributed by atoms with van der Waals surface area (Å²) in [5.41, 5.74) is 4.78. The van der Waals surface area contributed by atoms with Crippen molar-refractivity contribution in [2.45, 2.75) is 32.7 Å². The van der Waals surface area contributed by atoms with Crippen molar-refractivity contribution in [3.63, 3.8) is 0 Å². The van der Waals surface area contributed by atoms with E-state index in [4.69, 9.17) is 0 Å². The molecule has 0 unspecified atom stereocenters. The van der Waals surface area contributed by atoms with Crippen molar-refractivity contribution in [3.05, 3.63) is 65.0 Å². The van der Waals surface area contributed by atoms with Gasteiger partial charge in [0.25, 0.3) is 5.91 Å². The normalized spacial score (nSPS) is 13.2. The second-order valence-electron chi connectivity index (χ2n) is 7.19. The number of nitrogens with zero attached hydrogens (tertiary/aromatic N) is 2. The fourth-order valence-electron chi connectivity index (χ4n) is 3.64. The molecule has 1 aliphatic rings. The first-order chi connectivity index (χ1) is 13.6. The number of nitrogens with one attached hydrogen (secondary N) is 2. The van der Waals surface area contributed by atoms with Gasteiger partial charge in [0.1, 0.15) is 5.82 Å². The lowest BCUT2D eigenvalue weighted by Crippen LogP contribution is -2.26. The summed E-state index contributed by atoms with van der Waals surface area (Å²) in [6.07, 6.45) is 1.76. The minimum Gasteiger partial charge on any atom is -0.356 e. The zero-order valence-corrected chi connectivity index (χ0v) is 16.0. The van der Waals surface area contributed by atoms with Gasteiger partial charge in [-0.3, -0.25) is 9.59 Å². The fourth-order valence-corrected chi connectivity index (χ4v) is 3.64. The number of imidazole rings is 1. The number of amides is 2. The van der Waals surface area contributed by atoms with Crippen LogP contribution in [0.25, 0.3) is 11.0 Å². The molecule has 3 aromatic rings. The third-order valence-electron chi connectivity index (χ3n) is 5.14. The maximum absolute atomic E-state index is 12.3. The van der Waals surface area contributed by atoms with E-state index in [2.05, 4.69) is 51.4 Å². The van der Waals surface area contributed by atoms with Crippen LogP contribution in [0.15, 0.2) is 42.5 Å². The number of carbonyl (C=O) groups excluding carboxylic acids is 2. The highest BCUT2D eigenvalue weighted by Gasteiger charge is 2.21. The number of carbonyl (C=O) groups is 2. The summed E-state index contributed by atoms with van der Waals surface area (Å²) >= 11 is 0. The predicted molar refractivity (Wildman–Crippen MR) is 108 cm³/mol. The zero-order chi connectivity index (χ0) is 19.5. The summed E-state index contributed by atoms with van der Waals surface area (Å²) < 4.78 is 2.07. The molecule has 1 aromatic heterocycles. The van der Waals surface area contributed by atoms with Crippen LogP contribution in [-0.2, 0) is 24.2 Å². The van der Waals surface area contributed by atoms with Crippen molar-refractivity contribution < 1.29 is 9.59 Å². The Hall–Kier alpha value is -3.15. The number of para-hydroxylation sites is 1. The molecule has 0 fully saturated rings. The second kappa shape index (κ2) is 7.84. The van der Waals surface area contributed by atoms with Gasteiger partial charge in [-0.1, -0.05) is 35.9 Å². The van der Waals surface area contributed by atoms with Gasteiger partial charge in [0.15, 0.2) is 0 Å². The minimum absolute atomic E-state index is 0.0232. The standard InChI is InChI=1S/C22H24N4O2/c1-15-5-7-16(8-6-15)11-12-23-20(27)10-9-19-25-18-4-2-3-17-21(18)26(19)14-13-24-22(17)28/h2-8H,9-14H2,1H3,(H,23,27)(H,24,28). The summed E-state index contributed by atoms with van der Waals surface area (Å²) in [5, 5.41) is 5.90. The number of aromatic nitrogens is 2. The predicted octanol–water partition coefficient (Wildman–Crippen LogP) is 2.38. The molecule has 2 N–H and O–H groups in total. The van der Waals surface area contributed by atoms with Crippen LogP contribution < -0.4 is 10.6 Å². The van der Waals surface area contributed by atoms with Gasteiger partial charge < -0.3 is 15.2 Å². The Balaban J connectivity index is 1.38. The first-order valence-corrected chi connectivity index (χ1v) is 9.70. The van der Waals surface area contributed by atoms with Gasteiger partial charge in [0.2, 0.25) is 5.91 Å². The molecule has 4 rings (SSSR count). The molecule has 28 heavy (non-hydrogen) atoms. The van der Waals surface area contributed by atoms with Gasteiger partial charge >= 0.3 is 0 Å². The van der Waals surface area contributed by atoms with Gasteiger partial charge in [-0.25, -0.2) is 4.98 Å².